The summed E-state index contributed by atoms with van der Waals surface area (Å²) in [5.41, 5.74) is 4.88. The highest BCUT2D eigenvalue weighted by Crippen LogP contribution is 2.32. The summed E-state index contributed by atoms with van der Waals surface area (Å²) in [5.74, 6) is -0.178. The SMILES string of the molecule is Cc1cc(C)cc(-c2nnc(NC(=O)c3ccc(S(=O)(=O)N4CCCc5ccccc54)cc3)o2)c1. The van der Waals surface area contributed by atoms with Gasteiger partial charge in [0.1, 0.15) is 0 Å². The molecule has 1 amide bonds. The van der Waals surface area contributed by atoms with Crippen molar-refractivity contribution >= 4 is 27.6 Å². The minimum Gasteiger partial charge on any atom is -0.403 e. The highest BCUT2D eigenvalue weighted by atomic mass is 32.2. The number of para-hydroxylation sites is 1. The third-order valence-corrected chi connectivity index (χ3v) is 7.71. The molecule has 0 spiro atoms. The number of sulfonamides is 1. The van der Waals surface area contributed by atoms with E-state index in [1.807, 2.05) is 56.3 Å². The molecule has 1 aromatic heterocycles. The number of hydrogen-bond acceptors (Lipinski definition) is 6. The van der Waals surface area contributed by atoms with Crippen molar-refractivity contribution in [3.63, 3.8) is 0 Å². The lowest BCUT2D eigenvalue weighted by Crippen LogP contribution is -2.35. The number of amides is 1. The average Bonchev–Trinajstić information content (AvgIpc) is 3.31. The number of fused-ring (bicyclic) bond motifs is 1. The quantitative estimate of drug-likeness (QED) is 0.435. The Balaban J connectivity index is 1.32. The molecule has 0 unspecified atom stereocenters. The van der Waals surface area contributed by atoms with E-state index < -0.39 is 15.9 Å². The number of nitrogens with zero attached hydrogens (tertiary/aromatic N) is 3. The van der Waals surface area contributed by atoms with E-state index in [1.165, 1.54) is 28.6 Å². The fourth-order valence-electron chi connectivity index (χ4n) is 4.31. The summed E-state index contributed by atoms with van der Waals surface area (Å²) >= 11 is 0. The van der Waals surface area contributed by atoms with Gasteiger partial charge in [-0.1, -0.05) is 40.5 Å². The largest absolute Gasteiger partial charge is 0.403 e. The van der Waals surface area contributed by atoms with Crippen LogP contribution in [0.3, 0.4) is 0 Å². The lowest BCUT2D eigenvalue weighted by atomic mass is 10.0. The van der Waals surface area contributed by atoms with Gasteiger partial charge in [-0.15, -0.1) is 5.10 Å². The maximum atomic E-state index is 13.3. The molecule has 178 valence electrons. The zero-order chi connectivity index (χ0) is 24.6. The highest BCUT2D eigenvalue weighted by molar-refractivity contribution is 7.92. The van der Waals surface area contributed by atoms with Gasteiger partial charge in [0.15, 0.2) is 0 Å². The monoisotopic (exact) mass is 488 g/mol. The average molecular weight is 489 g/mol. The van der Waals surface area contributed by atoms with E-state index in [-0.39, 0.29) is 16.5 Å². The third-order valence-electron chi connectivity index (χ3n) is 5.89. The molecule has 0 saturated carbocycles. The second kappa shape index (κ2) is 8.99. The maximum Gasteiger partial charge on any atom is 0.322 e. The van der Waals surface area contributed by atoms with Crippen LogP contribution in [0.25, 0.3) is 11.5 Å². The number of anilines is 2. The highest BCUT2D eigenvalue weighted by Gasteiger charge is 2.29. The molecule has 0 bridgehead atoms. The second-order valence-electron chi connectivity index (χ2n) is 8.58. The molecule has 0 aliphatic carbocycles. The van der Waals surface area contributed by atoms with Crippen molar-refractivity contribution in [1.82, 2.24) is 10.2 Å². The lowest BCUT2D eigenvalue weighted by Gasteiger charge is -2.30. The first-order valence-corrected chi connectivity index (χ1v) is 12.7. The molecule has 2 heterocycles. The van der Waals surface area contributed by atoms with Crippen LogP contribution in [0.15, 0.2) is 76.0 Å². The van der Waals surface area contributed by atoms with Gasteiger partial charge in [-0.05, 0) is 74.7 Å². The fraction of sp³-hybridized carbons (Fsp3) is 0.192. The fourth-order valence-corrected chi connectivity index (χ4v) is 5.85. The Labute approximate surface area is 203 Å². The van der Waals surface area contributed by atoms with Gasteiger partial charge in [0.2, 0.25) is 5.89 Å². The molecular weight excluding hydrogens is 464 g/mol. The smallest absolute Gasteiger partial charge is 0.322 e. The Hall–Kier alpha value is -3.98. The summed E-state index contributed by atoms with van der Waals surface area (Å²) in [6.45, 7) is 4.37. The van der Waals surface area contributed by atoms with Gasteiger partial charge in [-0.25, -0.2) is 8.42 Å². The zero-order valence-corrected chi connectivity index (χ0v) is 20.2. The predicted molar refractivity (Wildman–Crippen MR) is 133 cm³/mol. The Morgan fingerprint density at radius 2 is 1.69 bits per heavy atom. The van der Waals surface area contributed by atoms with Crippen molar-refractivity contribution in [2.24, 2.45) is 0 Å². The predicted octanol–water partition coefficient (Wildman–Crippen LogP) is 4.75. The summed E-state index contributed by atoms with van der Waals surface area (Å²) in [5, 5.41) is 10.5. The first kappa shape index (κ1) is 22.8. The Kier molecular flexibility index (Phi) is 5.86. The maximum absolute atomic E-state index is 13.3. The third kappa shape index (κ3) is 4.54. The van der Waals surface area contributed by atoms with Gasteiger partial charge in [-0.2, -0.15) is 0 Å². The second-order valence-corrected chi connectivity index (χ2v) is 10.4. The minimum atomic E-state index is -3.75. The Morgan fingerprint density at radius 1 is 0.971 bits per heavy atom. The molecular formula is C26H24N4O4S. The van der Waals surface area contributed by atoms with Crippen LogP contribution < -0.4 is 9.62 Å². The first-order valence-electron chi connectivity index (χ1n) is 11.3. The van der Waals surface area contributed by atoms with Crippen molar-refractivity contribution in [2.45, 2.75) is 31.6 Å². The number of nitrogens with one attached hydrogen (secondary N) is 1. The van der Waals surface area contributed by atoms with Crippen molar-refractivity contribution < 1.29 is 17.6 Å². The number of carbonyl (C=O) groups is 1. The molecule has 0 atom stereocenters. The molecule has 0 saturated heterocycles. The van der Waals surface area contributed by atoms with E-state index in [2.05, 4.69) is 15.5 Å². The van der Waals surface area contributed by atoms with Crippen LogP contribution in [-0.4, -0.2) is 31.1 Å². The molecule has 0 fully saturated rings. The van der Waals surface area contributed by atoms with Crippen LogP contribution in [0, 0.1) is 13.8 Å². The molecule has 8 nitrogen and oxygen atoms in total. The minimum absolute atomic E-state index is 0.0363. The van der Waals surface area contributed by atoms with Gasteiger partial charge in [0.05, 0.1) is 10.6 Å². The van der Waals surface area contributed by atoms with Crippen LogP contribution in [0.2, 0.25) is 0 Å². The molecule has 9 heteroatoms. The topological polar surface area (TPSA) is 105 Å². The zero-order valence-electron chi connectivity index (χ0n) is 19.4. The molecule has 1 N–H and O–H groups in total. The van der Waals surface area contributed by atoms with Crippen LogP contribution >= 0.6 is 0 Å². The van der Waals surface area contributed by atoms with E-state index in [0.717, 1.165) is 35.1 Å². The number of aromatic nitrogens is 2. The molecule has 4 aromatic rings. The summed E-state index contributed by atoms with van der Waals surface area (Å²) in [4.78, 5) is 12.8. The summed E-state index contributed by atoms with van der Waals surface area (Å²) in [6, 6.07) is 19.2. The van der Waals surface area contributed by atoms with Crippen LogP contribution in [-0.2, 0) is 16.4 Å². The van der Waals surface area contributed by atoms with E-state index in [4.69, 9.17) is 4.42 Å². The Morgan fingerprint density at radius 3 is 2.43 bits per heavy atom. The molecule has 0 radical (unpaired) electrons. The number of benzene rings is 3. The lowest BCUT2D eigenvalue weighted by molar-refractivity contribution is 0.102. The summed E-state index contributed by atoms with van der Waals surface area (Å²) in [6.07, 6.45) is 1.60. The Bertz CT molecular complexity index is 1490. The van der Waals surface area contributed by atoms with Crippen molar-refractivity contribution in [1.29, 1.82) is 0 Å². The molecule has 1 aliphatic heterocycles. The van der Waals surface area contributed by atoms with E-state index >= 15 is 0 Å². The number of hydrogen-bond donors (Lipinski definition) is 1. The van der Waals surface area contributed by atoms with E-state index in [9.17, 15) is 13.2 Å². The molecule has 3 aromatic carbocycles. The van der Waals surface area contributed by atoms with Gasteiger partial charge in [-0.3, -0.25) is 14.4 Å². The van der Waals surface area contributed by atoms with E-state index in [1.54, 1.807) is 0 Å². The van der Waals surface area contributed by atoms with Crippen molar-refractivity contribution in [3.05, 3.63) is 89.0 Å². The van der Waals surface area contributed by atoms with Gasteiger partial charge < -0.3 is 4.42 Å². The number of aryl methyl sites for hydroxylation is 3. The van der Waals surface area contributed by atoms with Gasteiger partial charge in [0.25, 0.3) is 15.9 Å². The van der Waals surface area contributed by atoms with Crippen LogP contribution in [0.4, 0.5) is 11.7 Å². The van der Waals surface area contributed by atoms with Gasteiger partial charge >= 0.3 is 6.01 Å². The molecule has 5 rings (SSSR count). The molecule has 35 heavy (non-hydrogen) atoms. The van der Waals surface area contributed by atoms with Crippen molar-refractivity contribution in [3.8, 4) is 11.5 Å². The summed E-state index contributed by atoms with van der Waals surface area (Å²) in [7, 11) is -3.75. The van der Waals surface area contributed by atoms with E-state index in [0.29, 0.717) is 18.1 Å². The standard InChI is InChI=1S/C26H24N4O4S/c1-17-14-18(2)16-21(15-17)25-28-29-26(34-25)27-24(31)20-9-11-22(12-10-20)35(32,33)30-13-5-7-19-6-3-4-8-23(19)30/h3-4,6,8-12,14-16H,5,7,13H2,1-2H3,(H,27,29,31). The summed E-state index contributed by atoms with van der Waals surface area (Å²) < 4.78 is 33.6. The first-order chi connectivity index (χ1) is 16.8. The number of carbonyl (C=O) groups excluding carboxylic acids is 1. The van der Waals surface area contributed by atoms with Gasteiger partial charge in [0, 0.05) is 17.7 Å². The molecule has 1 aliphatic rings. The normalized spacial score (nSPS) is 13.4. The van der Waals surface area contributed by atoms with Crippen LogP contribution in [0.5, 0.6) is 0 Å². The van der Waals surface area contributed by atoms with Crippen molar-refractivity contribution in [2.75, 3.05) is 16.2 Å². The van der Waals surface area contributed by atoms with Crippen LogP contribution in [0.1, 0.15) is 33.5 Å². The number of rotatable bonds is 5.